The Labute approximate surface area is 485 Å². The van der Waals surface area contributed by atoms with E-state index in [0.29, 0.717) is 0 Å². The van der Waals surface area contributed by atoms with Crippen molar-refractivity contribution in [2.45, 2.75) is 96.3 Å². The van der Waals surface area contributed by atoms with Crippen molar-refractivity contribution in [3.05, 3.63) is 292 Å². The first-order valence-electron chi connectivity index (χ1n) is 29.6. The Morgan fingerprint density at radius 1 is 0.280 bits per heavy atom. The Morgan fingerprint density at radius 3 is 1.32 bits per heavy atom. The molecule has 0 atom stereocenters. The van der Waals surface area contributed by atoms with Crippen molar-refractivity contribution in [3.63, 3.8) is 0 Å². The van der Waals surface area contributed by atoms with Crippen molar-refractivity contribution in [1.82, 2.24) is 0 Å². The molecule has 1 nitrogen and oxygen atoms in total. The van der Waals surface area contributed by atoms with E-state index in [4.69, 9.17) is 0 Å². The first kappa shape index (κ1) is 50.2. The molecular weight excluding hydrogens is 987 g/mol. The molecule has 0 fully saturated rings. The first-order chi connectivity index (χ1) is 39.5. The second-order valence-corrected chi connectivity index (χ2v) is 26.8. The predicted molar refractivity (Wildman–Crippen MR) is 346 cm³/mol. The Morgan fingerprint density at radius 2 is 0.695 bits per heavy atom. The van der Waals surface area contributed by atoms with Crippen LogP contribution in [0.5, 0.6) is 0 Å². The van der Waals surface area contributed by atoms with E-state index in [1.807, 2.05) is 0 Å². The lowest BCUT2D eigenvalue weighted by Crippen LogP contribution is -2.27. The van der Waals surface area contributed by atoms with Crippen LogP contribution in [0.15, 0.2) is 237 Å². The van der Waals surface area contributed by atoms with Crippen molar-refractivity contribution < 1.29 is 0 Å². The van der Waals surface area contributed by atoms with Crippen LogP contribution in [-0.4, -0.2) is 0 Å². The van der Waals surface area contributed by atoms with Crippen molar-refractivity contribution in [1.29, 1.82) is 0 Å². The van der Waals surface area contributed by atoms with Gasteiger partial charge in [0.2, 0.25) is 0 Å². The van der Waals surface area contributed by atoms with Crippen molar-refractivity contribution in [2.24, 2.45) is 0 Å². The van der Waals surface area contributed by atoms with Gasteiger partial charge in [-0.15, -0.1) is 0 Å². The minimum absolute atomic E-state index is 0.0375. The molecule has 11 aromatic carbocycles. The van der Waals surface area contributed by atoms with Crippen molar-refractivity contribution in [2.75, 3.05) is 4.90 Å². The Bertz CT molecular complexity index is 4400. The van der Waals surface area contributed by atoms with Gasteiger partial charge in [-0.1, -0.05) is 275 Å². The van der Waals surface area contributed by atoms with E-state index in [1.165, 1.54) is 134 Å². The Hall–Kier alpha value is -8.78. The summed E-state index contributed by atoms with van der Waals surface area (Å²) >= 11 is 0. The van der Waals surface area contributed by atoms with Gasteiger partial charge in [0, 0.05) is 27.6 Å². The molecule has 0 amide bonds. The number of nitrogens with zero attached hydrogens (tertiary/aromatic N) is 1. The average Bonchev–Trinajstić information content (AvgIpc) is 2.90. The molecule has 0 aromatic heterocycles. The highest BCUT2D eigenvalue weighted by Crippen LogP contribution is 2.65. The summed E-state index contributed by atoms with van der Waals surface area (Å²) in [6.45, 7) is 23.6. The van der Waals surface area contributed by atoms with Crippen LogP contribution in [0.4, 0.5) is 17.1 Å². The van der Waals surface area contributed by atoms with Crippen LogP contribution >= 0.6 is 0 Å². The number of benzene rings is 11. The summed E-state index contributed by atoms with van der Waals surface area (Å²) in [4.78, 5) is 2.55. The van der Waals surface area contributed by atoms with Gasteiger partial charge in [-0.05, 0) is 164 Å². The number of para-hydroxylation sites is 2. The standard InChI is InChI=1S/C81H69N/c1-77(2,3)52-40-45-60-61-46-41-53(78(4,5)6)49-72(61)81(71(60)48-52)68-33-18-12-24-57(68)59-44-39-51(47-70(59)81)55-23-14-19-35-73(55)82(54-42-37-50(38-43-54)56-28-21-30-64-58-25-11-16-31-66(58)80(9,10)76(56)64)74-36-20-15-26-62(74)63-29-22-34-69-75(63)65-27-13-17-32-67(65)79(69,7)8/h11-49H,1-10H3. The smallest absolute Gasteiger partial charge is 0.0725 e. The second-order valence-electron chi connectivity index (χ2n) is 26.8. The monoisotopic (exact) mass is 1060 g/mol. The second kappa shape index (κ2) is 17.6. The molecular formula is C81H69N. The molecule has 82 heavy (non-hydrogen) atoms. The zero-order chi connectivity index (χ0) is 56.2. The van der Waals surface area contributed by atoms with Gasteiger partial charge in [0.25, 0.3) is 0 Å². The fraction of sp³-hybridized carbons (Fsp3) is 0.185. The zero-order valence-electron chi connectivity index (χ0n) is 49.0. The largest absolute Gasteiger partial charge is 0.309 e. The van der Waals surface area contributed by atoms with Gasteiger partial charge < -0.3 is 4.90 Å². The molecule has 11 aromatic rings. The van der Waals surface area contributed by atoms with Crippen LogP contribution in [0.1, 0.15) is 125 Å². The summed E-state index contributed by atoms with van der Waals surface area (Å²) in [7, 11) is 0. The van der Waals surface area contributed by atoms with Gasteiger partial charge in [0.05, 0.1) is 16.8 Å². The Kier molecular flexibility index (Phi) is 10.8. The summed E-state index contributed by atoms with van der Waals surface area (Å²) in [5, 5.41) is 0. The van der Waals surface area contributed by atoms with Gasteiger partial charge in [0.15, 0.2) is 0 Å². The van der Waals surface area contributed by atoms with Crippen LogP contribution < -0.4 is 4.90 Å². The van der Waals surface area contributed by atoms with E-state index in [2.05, 4.69) is 311 Å². The molecule has 398 valence electrons. The summed E-state index contributed by atoms with van der Waals surface area (Å²) in [5.74, 6) is 0. The molecule has 15 rings (SSSR count). The van der Waals surface area contributed by atoms with Gasteiger partial charge >= 0.3 is 0 Å². The molecule has 0 saturated heterocycles. The van der Waals surface area contributed by atoms with Crippen LogP contribution in [-0.2, 0) is 27.1 Å². The maximum Gasteiger partial charge on any atom is 0.0725 e. The maximum absolute atomic E-state index is 2.58. The van der Waals surface area contributed by atoms with Gasteiger partial charge in [-0.3, -0.25) is 0 Å². The molecule has 1 heteroatoms. The molecule has 0 bridgehead atoms. The number of hydrogen-bond donors (Lipinski definition) is 0. The van der Waals surface area contributed by atoms with Gasteiger partial charge in [-0.2, -0.15) is 0 Å². The third kappa shape index (κ3) is 7.05. The fourth-order valence-corrected chi connectivity index (χ4v) is 15.4. The minimum Gasteiger partial charge on any atom is -0.309 e. The van der Waals surface area contributed by atoms with E-state index in [9.17, 15) is 0 Å². The summed E-state index contributed by atoms with van der Waals surface area (Å²) in [6.07, 6.45) is 0. The number of hydrogen-bond acceptors (Lipinski definition) is 1. The van der Waals surface area contributed by atoms with E-state index < -0.39 is 5.41 Å². The van der Waals surface area contributed by atoms with Crippen LogP contribution in [0, 0.1) is 0 Å². The summed E-state index contributed by atoms with van der Waals surface area (Å²) in [6, 6.07) is 91.0. The summed E-state index contributed by atoms with van der Waals surface area (Å²) in [5.41, 5.74) is 34.0. The molecule has 4 aliphatic carbocycles. The van der Waals surface area contributed by atoms with Crippen LogP contribution in [0.2, 0.25) is 0 Å². The normalized spacial score (nSPS) is 15.0. The highest BCUT2D eigenvalue weighted by atomic mass is 15.1. The van der Waals surface area contributed by atoms with Crippen molar-refractivity contribution >= 4 is 17.1 Å². The molecule has 4 aliphatic rings. The zero-order valence-corrected chi connectivity index (χ0v) is 49.0. The lowest BCUT2D eigenvalue weighted by atomic mass is 9.68. The molecule has 0 saturated carbocycles. The first-order valence-corrected chi connectivity index (χ1v) is 29.6. The topological polar surface area (TPSA) is 3.24 Å². The Balaban J connectivity index is 0.961. The third-order valence-corrected chi connectivity index (χ3v) is 19.4. The number of fused-ring (bicyclic) bond motifs is 16. The quantitative estimate of drug-likeness (QED) is 0.160. The fourth-order valence-electron chi connectivity index (χ4n) is 15.4. The maximum atomic E-state index is 2.58. The average molecular weight is 1060 g/mol. The van der Waals surface area contributed by atoms with Crippen molar-refractivity contribution in [3.8, 4) is 77.9 Å². The lowest BCUT2D eigenvalue weighted by molar-refractivity contribution is 0.586. The highest BCUT2D eigenvalue weighted by Gasteiger charge is 2.52. The van der Waals surface area contributed by atoms with Gasteiger partial charge in [0.1, 0.15) is 0 Å². The third-order valence-electron chi connectivity index (χ3n) is 19.4. The lowest BCUT2D eigenvalue weighted by Gasteiger charge is -2.33. The number of anilines is 3. The molecule has 0 heterocycles. The molecule has 0 N–H and O–H groups in total. The van der Waals surface area contributed by atoms with E-state index in [0.717, 1.165) is 17.1 Å². The molecule has 1 spiro atoms. The summed E-state index contributed by atoms with van der Waals surface area (Å²) < 4.78 is 0. The molecule has 0 unspecified atom stereocenters. The van der Waals surface area contributed by atoms with Gasteiger partial charge in [-0.25, -0.2) is 0 Å². The highest BCUT2D eigenvalue weighted by molar-refractivity contribution is 6.02. The van der Waals surface area contributed by atoms with E-state index in [-0.39, 0.29) is 21.7 Å². The molecule has 0 radical (unpaired) electrons. The SMILES string of the molecule is CC(C)(C)c1ccc2c(c1)C1(c3ccccc3-c3ccc(-c4ccccc4N(c4ccc(-c5cccc6c5C(C)(C)c5ccccc5-6)cc4)c4ccccc4-c4cccc5c4-c4ccccc4C5(C)C)cc31)c1cc(C(C)(C)C)ccc1-2. The van der Waals surface area contributed by atoms with Crippen LogP contribution in [0.25, 0.3) is 77.9 Å². The number of rotatable bonds is 6. The van der Waals surface area contributed by atoms with Crippen LogP contribution in [0.3, 0.4) is 0 Å². The minimum atomic E-state index is -0.530. The van der Waals surface area contributed by atoms with E-state index >= 15 is 0 Å². The molecule has 0 aliphatic heterocycles. The van der Waals surface area contributed by atoms with E-state index in [1.54, 1.807) is 0 Å². The predicted octanol–water partition coefficient (Wildman–Crippen LogP) is 21.7.